The number of hydrogen-bond donors (Lipinski definition) is 2. The third-order valence-corrected chi connectivity index (χ3v) is 1.93. The number of rotatable bonds is 6. The SMILES string of the molecule is Br.COC(CO)C(CC(C)(C)N)OC. The lowest BCUT2D eigenvalue weighted by molar-refractivity contribution is -0.0687. The maximum atomic E-state index is 8.98. The maximum absolute atomic E-state index is 8.98. The van der Waals surface area contributed by atoms with Crippen molar-refractivity contribution in [2.24, 2.45) is 5.73 Å². The van der Waals surface area contributed by atoms with Gasteiger partial charge >= 0.3 is 0 Å². The van der Waals surface area contributed by atoms with E-state index in [1.807, 2.05) is 13.8 Å². The first-order chi connectivity index (χ1) is 5.94. The molecule has 0 aromatic carbocycles. The molecular formula is C9H22BrNO3. The van der Waals surface area contributed by atoms with Gasteiger partial charge in [0.05, 0.1) is 12.7 Å². The van der Waals surface area contributed by atoms with Gasteiger partial charge in [0.25, 0.3) is 0 Å². The van der Waals surface area contributed by atoms with Crippen LogP contribution in [0.25, 0.3) is 0 Å². The molecule has 0 rings (SSSR count). The molecule has 0 saturated carbocycles. The largest absolute Gasteiger partial charge is 0.394 e. The Hall–Kier alpha value is 0.320. The van der Waals surface area contributed by atoms with Crippen molar-refractivity contribution in [1.82, 2.24) is 0 Å². The number of halogens is 1. The predicted molar refractivity (Wildman–Crippen MR) is 61.9 cm³/mol. The highest BCUT2D eigenvalue weighted by Crippen LogP contribution is 2.14. The van der Waals surface area contributed by atoms with Gasteiger partial charge in [-0.2, -0.15) is 0 Å². The minimum absolute atomic E-state index is 0. The van der Waals surface area contributed by atoms with Crippen LogP contribution >= 0.6 is 17.0 Å². The number of nitrogens with two attached hydrogens (primary N) is 1. The zero-order chi connectivity index (χ0) is 10.5. The maximum Gasteiger partial charge on any atom is 0.106 e. The summed E-state index contributed by atoms with van der Waals surface area (Å²) in [6.07, 6.45) is 0.200. The second kappa shape index (κ2) is 7.59. The average molecular weight is 272 g/mol. The van der Waals surface area contributed by atoms with Crippen molar-refractivity contribution in [3.05, 3.63) is 0 Å². The van der Waals surface area contributed by atoms with Crippen LogP contribution < -0.4 is 5.73 Å². The summed E-state index contributed by atoms with van der Waals surface area (Å²) in [4.78, 5) is 0. The molecule has 0 spiro atoms. The Morgan fingerprint density at radius 2 is 1.64 bits per heavy atom. The van der Waals surface area contributed by atoms with Crippen LogP contribution in [0, 0.1) is 0 Å². The molecule has 88 valence electrons. The molecule has 0 saturated heterocycles. The lowest BCUT2D eigenvalue weighted by Gasteiger charge is -2.29. The molecule has 0 radical (unpaired) electrons. The summed E-state index contributed by atoms with van der Waals surface area (Å²) >= 11 is 0. The monoisotopic (exact) mass is 271 g/mol. The Morgan fingerprint density at radius 3 is 1.86 bits per heavy atom. The Morgan fingerprint density at radius 1 is 1.21 bits per heavy atom. The summed E-state index contributed by atoms with van der Waals surface area (Å²) in [5, 5.41) is 8.98. The van der Waals surface area contributed by atoms with E-state index in [1.54, 1.807) is 14.2 Å². The highest BCUT2D eigenvalue weighted by atomic mass is 79.9. The van der Waals surface area contributed by atoms with Gasteiger partial charge in [-0.25, -0.2) is 0 Å². The van der Waals surface area contributed by atoms with Crippen molar-refractivity contribution in [1.29, 1.82) is 0 Å². The van der Waals surface area contributed by atoms with Crippen LogP contribution in [0.5, 0.6) is 0 Å². The van der Waals surface area contributed by atoms with Gasteiger partial charge in [-0.1, -0.05) is 0 Å². The van der Waals surface area contributed by atoms with E-state index in [-0.39, 0.29) is 41.3 Å². The first-order valence-corrected chi connectivity index (χ1v) is 4.40. The zero-order valence-electron chi connectivity index (χ0n) is 9.32. The Kier molecular flexibility index (Phi) is 9.08. The van der Waals surface area contributed by atoms with E-state index in [9.17, 15) is 0 Å². The molecule has 0 aromatic heterocycles. The zero-order valence-corrected chi connectivity index (χ0v) is 11.0. The Bertz CT molecular complexity index is 135. The lowest BCUT2D eigenvalue weighted by Crippen LogP contribution is -2.43. The van der Waals surface area contributed by atoms with E-state index in [2.05, 4.69) is 0 Å². The smallest absolute Gasteiger partial charge is 0.106 e. The van der Waals surface area contributed by atoms with Crippen LogP contribution in [-0.4, -0.2) is 43.7 Å². The summed E-state index contributed by atoms with van der Waals surface area (Å²) < 4.78 is 10.3. The molecule has 0 heterocycles. The second-order valence-electron chi connectivity index (χ2n) is 3.92. The first kappa shape index (κ1) is 16.7. The Balaban J connectivity index is 0. The summed E-state index contributed by atoms with van der Waals surface area (Å²) in [6.45, 7) is 3.79. The fourth-order valence-electron chi connectivity index (χ4n) is 1.23. The molecule has 5 heteroatoms. The molecule has 0 aliphatic carbocycles. The molecule has 0 fully saturated rings. The predicted octanol–water partition coefficient (Wildman–Crippen LogP) is 0.714. The number of methoxy groups -OCH3 is 2. The molecule has 3 N–H and O–H groups in total. The molecule has 14 heavy (non-hydrogen) atoms. The van der Waals surface area contributed by atoms with Gasteiger partial charge in [0.2, 0.25) is 0 Å². The number of hydrogen-bond acceptors (Lipinski definition) is 4. The van der Waals surface area contributed by atoms with Crippen molar-refractivity contribution in [3.63, 3.8) is 0 Å². The van der Waals surface area contributed by atoms with Crippen LogP contribution in [-0.2, 0) is 9.47 Å². The van der Waals surface area contributed by atoms with Crippen LogP contribution in [0.1, 0.15) is 20.3 Å². The van der Waals surface area contributed by atoms with E-state index in [4.69, 9.17) is 20.3 Å². The van der Waals surface area contributed by atoms with Gasteiger partial charge in [-0.05, 0) is 20.3 Å². The van der Waals surface area contributed by atoms with Crippen LogP contribution in [0.3, 0.4) is 0 Å². The van der Waals surface area contributed by atoms with E-state index in [0.29, 0.717) is 6.42 Å². The molecule has 4 nitrogen and oxygen atoms in total. The molecular weight excluding hydrogens is 250 g/mol. The van der Waals surface area contributed by atoms with Gasteiger partial charge in [-0.15, -0.1) is 17.0 Å². The van der Waals surface area contributed by atoms with Gasteiger partial charge in [0.15, 0.2) is 0 Å². The summed E-state index contributed by atoms with van der Waals surface area (Å²) in [6, 6.07) is 0. The minimum Gasteiger partial charge on any atom is -0.394 e. The number of aliphatic hydroxyl groups excluding tert-OH is 1. The van der Waals surface area contributed by atoms with Crippen molar-refractivity contribution in [3.8, 4) is 0 Å². The number of ether oxygens (including phenoxy) is 2. The molecule has 0 aliphatic rings. The van der Waals surface area contributed by atoms with E-state index < -0.39 is 0 Å². The second-order valence-corrected chi connectivity index (χ2v) is 3.92. The van der Waals surface area contributed by atoms with E-state index >= 15 is 0 Å². The summed E-state index contributed by atoms with van der Waals surface area (Å²) in [5.74, 6) is 0. The minimum atomic E-state index is -0.313. The lowest BCUT2D eigenvalue weighted by atomic mass is 9.95. The van der Waals surface area contributed by atoms with E-state index in [1.165, 1.54) is 0 Å². The van der Waals surface area contributed by atoms with Crippen molar-refractivity contribution < 1.29 is 14.6 Å². The van der Waals surface area contributed by atoms with Crippen LogP contribution in [0.2, 0.25) is 0 Å². The molecule has 2 atom stereocenters. The summed E-state index contributed by atoms with van der Waals surface area (Å²) in [5.41, 5.74) is 5.53. The highest BCUT2D eigenvalue weighted by molar-refractivity contribution is 8.93. The van der Waals surface area contributed by atoms with Crippen molar-refractivity contribution in [2.75, 3.05) is 20.8 Å². The quantitative estimate of drug-likeness (QED) is 0.747. The average Bonchev–Trinajstić information content (AvgIpc) is 2.02. The Labute approximate surface area is 96.5 Å². The normalized spacial score (nSPS) is 15.9. The topological polar surface area (TPSA) is 64.7 Å². The number of aliphatic hydroxyl groups is 1. The standard InChI is InChI=1S/C9H21NO3.BrH/c1-9(2,10)5-7(12-3)8(6-11)13-4;/h7-8,11H,5-6,10H2,1-4H3;1H. The third-order valence-electron chi connectivity index (χ3n) is 1.93. The molecule has 0 amide bonds. The fourth-order valence-corrected chi connectivity index (χ4v) is 1.23. The first-order valence-electron chi connectivity index (χ1n) is 4.40. The van der Waals surface area contributed by atoms with E-state index in [0.717, 1.165) is 0 Å². The van der Waals surface area contributed by atoms with Gasteiger partial charge in [0, 0.05) is 19.8 Å². The molecule has 2 unspecified atom stereocenters. The van der Waals surface area contributed by atoms with Gasteiger partial charge in [-0.3, -0.25) is 0 Å². The summed E-state index contributed by atoms with van der Waals surface area (Å²) in [7, 11) is 3.15. The van der Waals surface area contributed by atoms with Crippen molar-refractivity contribution >= 4 is 17.0 Å². The van der Waals surface area contributed by atoms with Crippen molar-refractivity contribution in [2.45, 2.75) is 38.0 Å². The van der Waals surface area contributed by atoms with Gasteiger partial charge < -0.3 is 20.3 Å². The van der Waals surface area contributed by atoms with Crippen LogP contribution in [0.4, 0.5) is 0 Å². The third kappa shape index (κ3) is 6.73. The molecule has 0 aliphatic heterocycles. The molecule has 0 bridgehead atoms. The van der Waals surface area contributed by atoms with Crippen LogP contribution in [0.15, 0.2) is 0 Å². The van der Waals surface area contributed by atoms with Gasteiger partial charge in [0.1, 0.15) is 6.10 Å². The highest BCUT2D eigenvalue weighted by Gasteiger charge is 2.26. The molecule has 0 aromatic rings. The fraction of sp³-hybridized carbons (Fsp3) is 1.00.